The van der Waals surface area contributed by atoms with Crippen LogP contribution in [0.25, 0.3) is 0 Å². The highest BCUT2D eigenvalue weighted by Crippen LogP contribution is 2.68. The number of carbonyl (C=O) groups is 3. The summed E-state index contributed by atoms with van der Waals surface area (Å²) < 4.78 is 0. The third kappa shape index (κ3) is 3.50. The van der Waals surface area contributed by atoms with Crippen LogP contribution in [0, 0.1) is 34.5 Å². The Bertz CT molecular complexity index is 830. The lowest BCUT2D eigenvalue weighted by Crippen LogP contribution is -2.58. The Balaban J connectivity index is 1.56. The smallest absolute Gasteiger partial charge is 0.303 e. The van der Waals surface area contributed by atoms with E-state index in [0.717, 1.165) is 51.4 Å². The number of fused-ring (bicyclic) bond motifs is 5. The molecule has 3 fully saturated rings. The van der Waals surface area contributed by atoms with Gasteiger partial charge in [0.2, 0.25) is 0 Å². The molecule has 0 saturated heterocycles. The van der Waals surface area contributed by atoms with Gasteiger partial charge in [0.15, 0.2) is 11.6 Å². The number of unbranched alkanes of at least 4 members (excludes halogenated alkanes) is 2. The van der Waals surface area contributed by atoms with Gasteiger partial charge >= 0.3 is 5.97 Å². The predicted molar refractivity (Wildman–Crippen MR) is 122 cm³/mol. The maximum Gasteiger partial charge on any atom is 0.303 e. The quantitative estimate of drug-likeness (QED) is 0.533. The number of Topliss-reactive ketones (excluding diaryl/α,β-unsaturated/α-hetero) is 1. The van der Waals surface area contributed by atoms with Gasteiger partial charge < -0.3 is 10.2 Å². The molecule has 0 amide bonds. The maximum atomic E-state index is 12.6. The molecule has 3 saturated carbocycles. The number of carboxylic acid groups (broad SMARTS) is 1. The third-order valence-corrected chi connectivity index (χ3v) is 10.5. The zero-order valence-corrected chi connectivity index (χ0v) is 20.0. The first-order valence-electron chi connectivity index (χ1n) is 12.7. The van der Waals surface area contributed by atoms with Gasteiger partial charge in [-0.15, -0.1) is 0 Å². The molecule has 2 N–H and O–H groups in total. The third-order valence-electron chi connectivity index (χ3n) is 10.5. The van der Waals surface area contributed by atoms with Crippen LogP contribution in [0.3, 0.4) is 0 Å². The minimum atomic E-state index is -1.19. The van der Waals surface area contributed by atoms with Gasteiger partial charge in [-0.1, -0.05) is 32.3 Å². The van der Waals surface area contributed by atoms with Crippen LogP contribution in [0.2, 0.25) is 0 Å². The summed E-state index contributed by atoms with van der Waals surface area (Å²) in [6.07, 6.45) is 11.7. The van der Waals surface area contributed by atoms with E-state index in [9.17, 15) is 19.5 Å². The van der Waals surface area contributed by atoms with E-state index in [1.807, 2.05) is 6.08 Å². The molecule has 0 aliphatic heterocycles. The highest BCUT2D eigenvalue weighted by atomic mass is 16.4. The molecule has 0 aromatic heterocycles. The number of carboxylic acids is 1. The van der Waals surface area contributed by atoms with Crippen molar-refractivity contribution in [1.29, 1.82) is 0 Å². The normalized spacial score (nSPS) is 43.1. The molecule has 0 heterocycles. The largest absolute Gasteiger partial charge is 0.481 e. The summed E-state index contributed by atoms with van der Waals surface area (Å²) in [6.45, 7) is 6.09. The van der Waals surface area contributed by atoms with Crippen LogP contribution in [0.4, 0.5) is 0 Å². The number of aliphatic carboxylic acids is 1. The molecular weight excluding hydrogens is 404 g/mol. The number of rotatable bonds is 7. The van der Waals surface area contributed by atoms with E-state index < -0.39 is 11.6 Å². The number of carbonyl (C=O) groups excluding carboxylic acids is 2. The maximum absolute atomic E-state index is 12.6. The molecule has 1 unspecified atom stereocenters. The van der Waals surface area contributed by atoms with Gasteiger partial charge in [-0.3, -0.25) is 14.4 Å². The Labute approximate surface area is 192 Å². The molecule has 4 aliphatic rings. The summed E-state index contributed by atoms with van der Waals surface area (Å²) in [5, 5.41) is 20.3. The molecule has 7 atom stereocenters. The van der Waals surface area contributed by atoms with Gasteiger partial charge in [0, 0.05) is 18.3 Å². The second-order valence-corrected chi connectivity index (χ2v) is 11.6. The molecule has 5 nitrogen and oxygen atoms in total. The average molecular weight is 445 g/mol. The fourth-order valence-electron chi connectivity index (χ4n) is 8.60. The van der Waals surface area contributed by atoms with Crippen LogP contribution in [0.5, 0.6) is 0 Å². The summed E-state index contributed by atoms with van der Waals surface area (Å²) in [5.41, 5.74) is -0.198. The van der Waals surface area contributed by atoms with Crippen molar-refractivity contribution in [3.63, 3.8) is 0 Å². The Morgan fingerprint density at radius 3 is 2.47 bits per heavy atom. The molecular formula is C27H40O5. The van der Waals surface area contributed by atoms with Crippen LogP contribution >= 0.6 is 0 Å². The van der Waals surface area contributed by atoms with Crippen molar-refractivity contribution in [3.8, 4) is 0 Å². The summed E-state index contributed by atoms with van der Waals surface area (Å²) in [5.74, 6) is 1.09. The topological polar surface area (TPSA) is 91.7 Å². The minimum Gasteiger partial charge on any atom is -0.481 e. The van der Waals surface area contributed by atoms with Crippen molar-refractivity contribution < 1.29 is 24.6 Å². The molecule has 32 heavy (non-hydrogen) atoms. The Morgan fingerprint density at radius 1 is 1.06 bits per heavy atom. The molecule has 4 aliphatic carbocycles. The van der Waals surface area contributed by atoms with Crippen LogP contribution in [0.15, 0.2) is 11.6 Å². The number of hydrogen-bond acceptors (Lipinski definition) is 4. The summed E-state index contributed by atoms with van der Waals surface area (Å²) >= 11 is 0. The van der Waals surface area contributed by atoms with Gasteiger partial charge in [0.05, 0.1) is 0 Å². The SMILES string of the molecule is CC(=O)[C@@]1(O)CC[C@H]2[C@@H]3CCC4=CC(=O)CC(CCCCCC(=O)O)[C@]4(C)[C@H]3CC[C@@]21C. The lowest BCUT2D eigenvalue weighted by Gasteiger charge is -2.60. The Morgan fingerprint density at radius 2 is 1.78 bits per heavy atom. The van der Waals surface area contributed by atoms with Crippen molar-refractivity contribution in [2.45, 2.75) is 103 Å². The van der Waals surface area contributed by atoms with E-state index >= 15 is 0 Å². The zero-order chi connectivity index (χ0) is 23.3. The first kappa shape index (κ1) is 23.7. The number of hydrogen-bond donors (Lipinski definition) is 2. The highest BCUT2D eigenvalue weighted by molar-refractivity contribution is 5.92. The lowest BCUT2D eigenvalue weighted by atomic mass is 9.44. The van der Waals surface area contributed by atoms with Crippen molar-refractivity contribution in [2.75, 3.05) is 0 Å². The molecule has 0 aromatic rings. The summed E-state index contributed by atoms with van der Waals surface area (Å²) in [6, 6.07) is 0. The van der Waals surface area contributed by atoms with Crippen molar-refractivity contribution in [2.24, 2.45) is 34.5 Å². The van der Waals surface area contributed by atoms with E-state index in [2.05, 4.69) is 13.8 Å². The van der Waals surface area contributed by atoms with Crippen LogP contribution in [-0.4, -0.2) is 33.3 Å². The zero-order valence-electron chi connectivity index (χ0n) is 20.0. The monoisotopic (exact) mass is 444 g/mol. The fourth-order valence-corrected chi connectivity index (χ4v) is 8.60. The summed E-state index contributed by atoms with van der Waals surface area (Å²) in [4.78, 5) is 35.8. The van der Waals surface area contributed by atoms with Crippen molar-refractivity contribution in [3.05, 3.63) is 11.6 Å². The standard InChI is InChI=1S/C27H40O5/c1-17(28)27(32)14-12-22-21-10-9-19-16-20(29)15-18(7-5-4-6-8-24(30)31)26(19,3)23(21)11-13-25(22,27)2/h16,18,21-23,32H,4-15H2,1-3H3,(H,30,31)/t18?,21-,22-,23-,25-,26-,27-/m0/s1. The van der Waals surface area contributed by atoms with Crippen molar-refractivity contribution in [1.82, 2.24) is 0 Å². The molecule has 5 heteroatoms. The van der Waals surface area contributed by atoms with Gasteiger partial charge in [0.1, 0.15) is 5.60 Å². The Kier molecular flexibility index (Phi) is 6.19. The fraction of sp³-hybridized carbons (Fsp3) is 0.815. The number of aliphatic hydroxyl groups is 1. The minimum absolute atomic E-state index is 0.00187. The molecule has 0 aromatic carbocycles. The molecule has 4 rings (SSSR count). The average Bonchev–Trinajstić information content (AvgIpc) is 3.00. The second-order valence-electron chi connectivity index (χ2n) is 11.6. The molecule has 178 valence electrons. The van der Waals surface area contributed by atoms with Crippen LogP contribution < -0.4 is 0 Å². The first-order valence-corrected chi connectivity index (χ1v) is 12.7. The first-order chi connectivity index (χ1) is 15.0. The van der Waals surface area contributed by atoms with Gasteiger partial charge in [0.25, 0.3) is 0 Å². The lowest BCUT2D eigenvalue weighted by molar-refractivity contribution is -0.161. The van der Waals surface area contributed by atoms with E-state index in [-0.39, 0.29) is 28.8 Å². The molecule has 0 bridgehead atoms. The molecule has 0 radical (unpaired) electrons. The van der Waals surface area contributed by atoms with Gasteiger partial charge in [-0.25, -0.2) is 0 Å². The van der Waals surface area contributed by atoms with Crippen LogP contribution in [0.1, 0.15) is 97.8 Å². The predicted octanol–water partition coefficient (Wildman–Crippen LogP) is 5.10. The highest BCUT2D eigenvalue weighted by Gasteiger charge is 2.66. The molecule has 0 spiro atoms. The Hall–Kier alpha value is -1.49. The van der Waals surface area contributed by atoms with Crippen LogP contribution in [-0.2, 0) is 14.4 Å². The van der Waals surface area contributed by atoms with E-state index in [4.69, 9.17) is 5.11 Å². The van der Waals surface area contributed by atoms with E-state index in [1.54, 1.807) is 6.92 Å². The van der Waals surface area contributed by atoms with E-state index in [0.29, 0.717) is 42.9 Å². The van der Waals surface area contributed by atoms with Gasteiger partial charge in [-0.2, -0.15) is 0 Å². The number of allylic oxidation sites excluding steroid dienone is 1. The second kappa shape index (κ2) is 8.38. The van der Waals surface area contributed by atoms with Crippen molar-refractivity contribution >= 4 is 17.5 Å². The van der Waals surface area contributed by atoms with E-state index in [1.165, 1.54) is 5.57 Å². The number of ketones is 2. The summed E-state index contributed by atoms with van der Waals surface area (Å²) in [7, 11) is 0. The van der Waals surface area contributed by atoms with Gasteiger partial charge in [-0.05, 0) is 93.5 Å².